The van der Waals surface area contributed by atoms with Gasteiger partial charge in [0.1, 0.15) is 30.2 Å². The fourth-order valence-electron chi connectivity index (χ4n) is 4.12. The highest BCUT2D eigenvalue weighted by Gasteiger charge is 2.31. The van der Waals surface area contributed by atoms with Crippen molar-refractivity contribution in [2.75, 3.05) is 0 Å². The summed E-state index contributed by atoms with van der Waals surface area (Å²) in [6.45, 7) is 4.20. The quantitative estimate of drug-likeness (QED) is 0.0698. The number of carbonyl (C=O) groups is 6. The smallest absolute Gasteiger partial charge is 0.326 e. The van der Waals surface area contributed by atoms with Gasteiger partial charge in [-0.25, -0.2) is 19.7 Å². The van der Waals surface area contributed by atoms with E-state index in [0.717, 1.165) is 0 Å². The van der Waals surface area contributed by atoms with Gasteiger partial charge in [-0.3, -0.25) is 24.0 Å². The molecule has 5 amide bonds. The number of carbonyl (C=O) groups excluding carboxylic acids is 5. The minimum Gasteiger partial charge on any atom is -0.480 e. The van der Waals surface area contributed by atoms with Crippen LogP contribution in [0.25, 0.3) is 0 Å². The van der Waals surface area contributed by atoms with Gasteiger partial charge in [-0.05, 0) is 20.8 Å². The fraction of sp³-hybridized carbons (Fsp3) is 0.444. The molecule has 0 radical (unpaired) electrons. The van der Waals surface area contributed by atoms with Gasteiger partial charge in [-0.15, -0.1) is 0 Å². The van der Waals surface area contributed by atoms with Crippen LogP contribution in [0.2, 0.25) is 0 Å². The molecule has 0 aliphatic heterocycles. The molecule has 0 saturated carbocycles. The molecule has 0 aliphatic rings. The summed E-state index contributed by atoms with van der Waals surface area (Å²) in [4.78, 5) is 96.4. The summed E-state index contributed by atoms with van der Waals surface area (Å²) in [5.74, 6) is -4.83. The molecule has 11 N–H and O–H groups in total. The van der Waals surface area contributed by atoms with Crippen LogP contribution < -0.4 is 32.3 Å². The summed E-state index contributed by atoms with van der Waals surface area (Å²) in [6, 6.07) is -6.88. The maximum absolute atomic E-state index is 13.3. The number of rotatable bonds is 17. The topological polar surface area (TPSA) is 295 Å². The van der Waals surface area contributed by atoms with Crippen LogP contribution in [0, 0.1) is 0 Å². The number of aromatic nitrogens is 6. The second-order valence-electron chi connectivity index (χ2n) is 10.6. The second-order valence-corrected chi connectivity index (χ2v) is 10.6. The normalized spacial score (nSPS) is 14.9. The molecule has 19 heteroatoms. The Morgan fingerprint density at radius 3 is 1.28 bits per heavy atom. The Balaban J connectivity index is 1.65. The van der Waals surface area contributed by atoms with E-state index in [0.29, 0.717) is 17.1 Å². The van der Waals surface area contributed by atoms with E-state index in [4.69, 9.17) is 5.73 Å². The third-order valence-electron chi connectivity index (χ3n) is 6.73. The van der Waals surface area contributed by atoms with E-state index < -0.39 is 71.8 Å². The van der Waals surface area contributed by atoms with Crippen molar-refractivity contribution in [1.29, 1.82) is 0 Å². The average Bonchev–Trinajstić information content (AvgIpc) is 3.80. The molecular weight excluding hydrogens is 604 g/mol. The van der Waals surface area contributed by atoms with Gasteiger partial charge in [0.05, 0.1) is 25.0 Å². The number of aliphatic carboxylic acids is 1. The predicted molar refractivity (Wildman–Crippen MR) is 159 cm³/mol. The molecule has 6 unspecified atom stereocenters. The van der Waals surface area contributed by atoms with Crippen LogP contribution in [0.4, 0.5) is 0 Å². The maximum Gasteiger partial charge on any atom is 0.326 e. The fourth-order valence-corrected chi connectivity index (χ4v) is 4.12. The Morgan fingerprint density at radius 2 is 0.957 bits per heavy atom. The molecule has 6 atom stereocenters. The number of aromatic amines is 3. The maximum atomic E-state index is 13.3. The summed E-state index contributed by atoms with van der Waals surface area (Å²) in [5.41, 5.74) is 7.15. The van der Waals surface area contributed by atoms with Crippen LogP contribution >= 0.6 is 0 Å². The molecule has 46 heavy (non-hydrogen) atoms. The zero-order chi connectivity index (χ0) is 33.8. The van der Waals surface area contributed by atoms with Crippen molar-refractivity contribution in [1.82, 2.24) is 56.5 Å². The van der Waals surface area contributed by atoms with Crippen LogP contribution in [-0.2, 0) is 48.0 Å². The van der Waals surface area contributed by atoms with E-state index in [1.54, 1.807) is 0 Å². The highest BCUT2D eigenvalue weighted by atomic mass is 16.4. The second kappa shape index (κ2) is 16.5. The van der Waals surface area contributed by atoms with E-state index in [1.807, 2.05) is 0 Å². The lowest BCUT2D eigenvalue weighted by atomic mass is 10.1. The number of imidazole rings is 3. The Bertz CT molecular complexity index is 1460. The largest absolute Gasteiger partial charge is 0.480 e. The summed E-state index contributed by atoms with van der Waals surface area (Å²) < 4.78 is 0. The molecule has 3 aromatic heterocycles. The third kappa shape index (κ3) is 10.5. The third-order valence-corrected chi connectivity index (χ3v) is 6.73. The first kappa shape index (κ1) is 34.9. The average molecular weight is 643 g/mol. The number of hydrogen-bond acceptors (Lipinski definition) is 10. The van der Waals surface area contributed by atoms with E-state index in [2.05, 4.69) is 56.5 Å². The summed E-state index contributed by atoms with van der Waals surface area (Å²) in [5, 5.41) is 22.0. The van der Waals surface area contributed by atoms with Crippen molar-refractivity contribution in [3.63, 3.8) is 0 Å². The van der Waals surface area contributed by atoms with Gasteiger partial charge in [0.15, 0.2) is 0 Å². The summed E-state index contributed by atoms with van der Waals surface area (Å²) in [6.07, 6.45) is 8.43. The molecule has 248 valence electrons. The van der Waals surface area contributed by atoms with E-state index >= 15 is 0 Å². The zero-order valence-electron chi connectivity index (χ0n) is 25.4. The van der Waals surface area contributed by atoms with Crippen LogP contribution in [0.5, 0.6) is 0 Å². The Morgan fingerprint density at radius 1 is 0.609 bits per heavy atom. The minimum absolute atomic E-state index is 0.0358. The molecule has 19 nitrogen and oxygen atoms in total. The molecule has 3 heterocycles. The van der Waals surface area contributed by atoms with E-state index in [1.165, 1.54) is 58.3 Å². The molecular formula is C27H38N12O7. The Hall–Kier alpha value is -5.59. The van der Waals surface area contributed by atoms with Crippen molar-refractivity contribution in [2.45, 2.75) is 76.3 Å². The molecule has 0 bridgehead atoms. The lowest BCUT2D eigenvalue weighted by Gasteiger charge is -2.25. The number of hydrogen-bond donors (Lipinski definition) is 10. The van der Waals surface area contributed by atoms with Gasteiger partial charge < -0.3 is 52.4 Å². The molecule has 0 saturated heterocycles. The first-order chi connectivity index (χ1) is 21.8. The van der Waals surface area contributed by atoms with Crippen LogP contribution in [-0.4, -0.2) is 107 Å². The first-order valence-corrected chi connectivity index (χ1v) is 14.3. The van der Waals surface area contributed by atoms with Gasteiger partial charge in [-0.2, -0.15) is 0 Å². The molecule has 3 aromatic rings. The van der Waals surface area contributed by atoms with Crippen molar-refractivity contribution in [3.8, 4) is 0 Å². The first-order valence-electron chi connectivity index (χ1n) is 14.3. The van der Waals surface area contributed by atoms with E-state index in [-0.39, 0.29) is 19.3 Å². The van der Waals surface area contributed by atoms with Crippen LogP contribution in [0.3, 0.4) is 0 Å². The van der Waals surface area contributed by atoms with Crippen LogP contribution in [0.1, 0.15) is 37.9 Å². The summed E-state index contributed by atoms with van der Waals surface area (Å²) >= 11 is 0. The van der Waals surface area contributed by atoms with Crippen LogP contribution in [0.15, 0.2) is 37.6 Å². The molecule has 0 aromatic carbocycles. The molecule has 3 rings (SSSR count). The number of carboxylic acid groups (broad SMARTS) is 1. The molecule has 0 fully saturated rings. The van der Waals surface area contributed by atoms with Crippen molar-refractivity contribution in [2.24, 2.45) is 5.73 Å². The minimum atomic E-state index is -1.30. The SMILES string of the molecule is CC(N)C(=O)NC(Cc1cnc[nH]1)C(=O)NC(C)C(=O)NC(Cc1cnc[nH]1)C(=O)NC(C)C(=O)NC(Cc1cnc[nH]1)C(=O)O. The van der Waals surface area contributed by atoms with Crippen molar-refractivity contribution in [3.05, 3.63) is 54.7 Å². The van der Waals surface area contributed by atoms with Gasteiger partial charge in [0, 0.05) is 54.9 Å². The lowest BCUT2D eigenvalue weighted by Crippen LogP contribution is -2.59. The van der Waals surface area contributed by atoms with Gasteiger partial charge in [0.2, 0.25) is 29.5 Å². The highest BCUT2D eigenvalue weighted by molar-refractivity contribution is 5.96. The molecule has 0 aliphatic carbocycles. The highest BCUT2D eigenvalue weighted by Crippen LogP contribution is 2.04. The predicted octanol–water partition coefficient (Wildman–Crippen LogP) is -3.22. The molecule has 0 spiro atoms. The zero-order valence-corrected chi connectivity index (χ0v) is 25.4. The van der Waals surface area contributed by atoms with Crippen molar-refractivity contribution < 1.29 is 33.9 Å². The number of carboxylic acids is 1. The standard InChI is InChI=1S/C27H38N12O7/c1-13(28)22(40)37-19(4-16-7-29-10-32-16)25(43)35-14(2)23(41)38-20(5-17-8-30-11-33-17)26(44)36-15(3)24(42)39-21(27(45)46)6-18-9-31-12-34-18/h7-15,19-21H,4-6,28H2,1-3H3,(H,29,32)(H,30,33)(H,31,34)(H,35,43)(H,36,44)(H,37,40)(H,38,41)(H,39,42)(H,45,46). The number of nitrogens with zero attached hydrogens (tertiary/aromatic N) is 3. The monoisotopic (exact) mass is 642 g/mol. The number of nitrogens with one attached hydrogen (secondary N) is 8. The number of nitrogens with two attached hydrogens (primary N) is 1. The number of amides is 5. The van der Waals surface area contributed by atoms with Gasteiger partial charge in [-0.1, -0.05) is 0 Å². The lowest BCUT2D eigenvalue weighted by molar-refractivity contribution is -0.142. The Labute approximate surface area is 262 Å². The van der Waals surface area contributed by atoms with Gasteiger partial charge in [0.25, 0.3) is 0 Å². The van der Waals surface area contributed by atoms with Crippen molar-refractivity contribution >= 4 is 35.5 Å². The Kier molecular flexibility index (Phi) is 12.5. The summed E-state index contributed by atoms with van der Waals surface area (Å²) in [7, 11) is 0. The number of H-pyrrole nitrogens is 3. The van der Waals surface area contributed by atoms with E-state index in [9.17, 15) is 33.9 Å². The van der Waals surface area contributed by atoms with Gasteiger partial charge >= 0.3 is 5.97 Å².